The fourth-order valence-corrected chi connectivity index (χ4v) is 3.36. The maximum absolute atomic E-state index is 12.9. The van der Waals surface area contributed by atoms with Crippen LogP contribution in [-0.2, 0) is 30.3 Å². The van der Waals surface area contributed by atoms with Crippen molar-refractivity contribution in [3.05, 3.63) is 47.0 Å². The Kier molecular flexibility index (Phi) is 10.7. The largest absolute Gasteiger partial charge is 0.507 e. The number of benzene rings is 2. The number of anilines is 1. The minimum absolute atomic E-state index is 0.123. The van der Waals surface area contributed by atoms with E-state index in [1.165, 1.54) is 18.2 Å². The number of amides is 1. The van der Waals surface area contributed by atoms with Crippen molar-refractivity contribution in [3.63, 3.8) is 0 Å². The molecule has 1 unspecified atom stereocenters. The van der Waals surface area contributed by atoms with Crippen molar-refractivity contribution in [1.29, 1.82) is 0 Å². The van der Waals surface area contributed by atoms with Gasteiger partial charge in [0.1, 0.15) is 30.5 Å². The molecule has 2 N–H and O–H groups in total. The number of esters is 2. The number of aromatic hydroxyl groups is 1. The van der Waals surface area contributed by atoms with Crippen molar-refractivity contribution >= 4 is 29.3 Å². The zero-order valence-electron chi connectivity index (χ0n) is 21.6. The van der Waals surface area contributed by atoms with Gasteiger partial charge in [-0.25, -0.2) is 4.79 Å². The lowest BCUT2D eigenvalue weighted by Gasteiger charge is -2.21. The number of carbonyl (C=O) groups is 4. The first-order valence-electron chi connectivity index (χ1n) is 11.6. The van der Waals surface area contributed by atoms with Crippen molar-refractivity contribution in [3.8, 4) is 17.2 Å². The van der Waals surface area contributed by atoms with Crippen LogP contribution in [-0.4, -0.2) is 61.3 Å². The molecule has 0 saturated carbocycles. The number of Topliss-reactive ketones (excluding diaryl/α,β-unsaturated/α-hetero) is 1. The van der Waals surface area contributed by atoms with Gasteiger partial charge >= 0.3 is 24.0 Å². The van der Waals surface area contributed by atoms with E-state index in [-0.39, 0.29) is 41.5 Å². The van der Waals surface area contributed by atoms with Gasteiger partial charge in [-0.3, -0.25) is 14.4 Å². The SMILES string of the molecule is COC(=O)C(=O)Nc1cc(OCC(COc2ccc(C(C)=O)c(O)c2CCC(F)(F)F)OC(C)=O)ccc1C. The quantitative estimate of drug-likeness (QED) is 0.240. The lowest BCUT2D eigenvalue weighted by Crippen LogP contribution is -2.30. The predicted octanol–water partition coefficient (Wildman–Crippen LogP) is 3.90. The van der Waals surface area contributed by atoms with Gasteiger partial charge in [0.05, 0.1) is 12.7 Å². The molecule has 0 heterocycles. The summed E-state index contributed by atoms with van der Waals surface area (Å²) in [5.74, 6) is -3.83. The molecule has 0 bridgehead atoms. The number of halogens is 3. The highest BCUT2D eigenvalue weighted by Gasteiger charge is 2.29. The molecule has 2 aromatic carbocycles. The maximum Gasteiger partial charge on any atom is 0.396 e. The van der Waals surface area contributed by atoms with Gasteiger partial charge in [0, 0.05) is 30.7 Å². The van der Waals surface area contributed by atoms with E-state index in [0.717, 1.165) is 21.0 Å². The molecule has 0 aliphatic carbocycles. The topological polar surface area (TPSA) is 137 Å². The van der Waals surface area contributed by atoms with E-state index in [2.05, 4.69) is 10.1 Å². The predicted molar refractivity (Wildman–Crippen MR) is 131 cm³/mol. The molecule has 2 aromatic rings. The van der Waals surface area contributed by atoms with Crippen molar-refractivity contribution in [2.24, 2.45) is 0 Å². The molecule has 0 radical (unpaired) electrons. The molecular formula is C26H28F3NO9. The van der Waals surface area contributed by atoms with Crippen molar-refractivity contribution in [2.75, 3.05) is 25.6 Å². The highest BCUT2D eigenvalue weighted by molar-refractivity contribution is 6.37. The van der Waals surface area contributed by atoms with Crippen LogP contribution in [0.25, 0.3) is 0 Å². The fourth-order valence-electron chi connectivity index (χ4n) is 3.36. The lowest BCUT2D eigenvalue weighted by molar-refractivity contribution is -0.150. The van der Waals surface area contributed by atoms with Crippen molar-refractivity contribution in [2.45, 2.75) is 45.9 Å². The van der Waals surface area contributed by atoms with E-state index in [1.807, 2.05) is 0 Å². The Morgan fingerprint density at radius 1 is 1.03 bits per heavy atom. The van der Waals surface area contributed by atoms with Crippen LogP contribution >= 0.6 is 0 Å². The molecule has 10 nitrogen and oxygen atoms in total. The Morgan fingerprint density at radius 3 is 2.28 bits per heavy atom. The Hall–Kier alpha value is -4.29. The molecule has 0 fully saturated rings. The van der Waals surface area contributed by atoms with Crippen LogP contribution in [0.1, 0.15) is 41.8 Å². The summed E-state index contributed by atoms with van der Waals surface area (Å²) in [6.45, 7) is 3.35. The molecule has 13 heteroatoms. The van der Waals surface area contributed by atoms with Gasteiger partial charge in [-0.15, -0.1) is 0 Å². The molecular weight excluding hydrogens is 527 g/mol. The average molecular weight is 556 g/mol. The van der Waals surface area contributed by atoms with Crippen LogP contribution in [0.3, 0.4) is 0 Å². The third-order valence-electron chi connectivity index (χ3n) is 5.30. The first-order valence-corrected chi connectivity index (χ1v) is 11.6. The first kappa shape index (κ1) is 30.9. The summed E-state index contributed by atoms with van der Waals surface area (Å²) in [5.41, 5.74) is 0.499. The Morgan fingerprint density at radius 2 is 1.69 bits per heavy atom. The van der Waals surface area contributed by atoms with Gasteiger partial charge < -0.3 is 29.4 Å². The number of hydrogen-bond donors (Lipinski definition) is 2. The van der Waals surface area contributed by atoms with E-state index in [9.17, 15) is 37.5 Å². The number of aryl methyl sites for hydroxylation is 1. The minimum atomic E-state index is -4.52. The molecule has 0 aromatic heterocycles. The molecule has 0 spiro atoms. The molecule has 212 valence electrons. The molecule has 39 heavy (non-hydrogen) atoms. The Labute approximate surface area is 222 Å². The second kappa shape index (κ2) is 13.5. The van der Waals surface area contributed by atoms with E-state index >= 15 is 0 Å². The number of alkyl halides is 3. The standard InChI is InChI=1S/C26H28F3NO9/c1-14-5-6-17(11-21(14)30-24(34)25(35)36-4)37-12-18(39-16(3)32)13-38-22-8-7-19(15(2)31)23(33)20(22)9-10-26(27,28)29/h5-8,11,18,33H,9-10,12-13H2,1-4H3,(H,30,34). The summed E-state index contributed by atoms with van der Waals surface area (Å²) < 4.78 is 59.4. The Balaban J connectivity index is 2.19. The van der Waals surface area contributed by atoms with Crippen LogP contribution < -0.4 is 14.8 Å². The van der Waals surface area contributed by atoms with Gasteiger partial charge in [0.15, 0.2) is 11.9 Å². The summed E-state index contributed by atoms with van der Waals surface area (Å²) in [5, 5.41) is 12.8. The van der Waals surface area contributed by atoms with Gasteiger partial charge in [0.25, 0.3) is 0 Å². The van der Waals surface area contributed by atoms with Gasteiger partial charge in [-0.05, 0) is 44.0 Å². The highest BCUT2D eigenvalue weighted by atomic mass is 19.4. The zero-order chi connectivity index (χ0) is 29.3. The fraction of sp³-hybridized carbons (Fsp3) is 0.385. The molecule has 2 rings (SSSR count). The normalized spacial score (nSPS) is 11.8. The highest BCUT2D eigenvalue weighted by Crippen LogP contribution is 2.35. The second-order valence-electron chi connectivity index (χ2n) is 8.39. The number of methoxy groups -OCH3 is 1. The lowest BCUT2D eigenvalue weighted by atomic mass is 10.0. The smallest absolute Gasteiger partial charge is 0.396 e. The number of phenols is 1. The van der Waals surface area contributed by atoms with Crippen LogP contribution in [0.2, 0.25) is 0 Å². The van der Waals surface area contributed by atoms with E-state index in [4.69, 9.17) is 14.2 Å². The van der Waals surface area contributed by atoms with Crippen LogP contribution in [0.15, 0.2) is 30.3 Å². The summed E-state index contributed by atoms with van der Waals surface area (Å²) in [4.78, 5) is 46.6. The van der Waals surface area contributed by atoms with E-state index < -0.39 is 54.5 Å². The van der Waals surface area contributed by atoms with Crippen LogP contribution in [0.5, 0.6) is 17.2 Å². The molecule has 0 saturated heterocycles. The monoisotopic (exact) mass is 555 g/mol. The summed E-state index contributed by atoms with van der Waals surface area (Å²) in [6, 6.07) is 7.06. The maximum atomic E-state index is 12.9. The van der Waals surface area contributed by atoms with Gasteiger partial charge in [0.2, 0.25) is 0 Å². The number of nitrogens with one attached hydrogen (secondary N) is 1. The number of ketones is 1. The zero-order valence-corrected chi connectivity index (χ0v) is 21.6. The Bertz CT molecular complexity index is 1230. The van der Waals surface area contributed by atoms with E-state index in [0.29, 0.717) is 5.56 Å². The number of hydrogen-bond acceptors (Lipinski definition) is 9. The number of phenolic OH excluding ortho intramolecular Hbond substituents is 1. The third kappa shape index (κ3) is 9.51. The van der Waals surface area contributed by atoms with Crippen molar-refractivity contribution < 1.29 is 56.4 Å². The summed E-state index contributed by atoms with van der Waals surface area (Å²) >= 11 is 0. The van der Waals surface area contributed by atoms with Gasteiger partial charge in [-0.1, -0.05) is 6.07 Å². The molecule has 1 atom stereocenters. The molecule has 0 aliphatic rings. The second-order valence-corrected chi connectivity index (χ2v) is 8.39. The number of rotatable bonds is 11. The average Bonchev–Trinajstić information content (AvgIpc) is 2.85. The molecule has 0 aliphatic heterocycles. The minimum Gasteiger partial charge on any atom is -0.507 e. The number of ether oxygens (including phenoxy) is 4. The first-order chi connectivity index (χ1) is 18.2. The molecule has 1 amide bonds. The number of carbonyl (C=O) groups excluding carboxylic acids is 4. The van der Waals surface area contributed by atoms with Gasteiger partial charge in [-0.2, -0.15) is 13.2 Å². The third-order valence-corrected chi connectivity index (χ3v) is 5.30. The van der Waals surface area contributed by atoms with Crippen LogP contribution in [0.4, 0.5) is 18.9 Å². The van der Waals surface area contributed by atoms with Crippen LogP contribution in [0, 0.1) is 6.92 Å². The summed E-state index contributed by atoms with van der Waals surface area (Å²) in [6.07, 6.45) is -7.48. The van der Waals surface area contributed by atoms with E-state index in [1.54, 1.807) is 19.1 Å². The van der Waals surface area contributed by atoms with Crippen molar-refractivity contribution in [1.82, 2.24) is 0 Å². The summed E-state index contributed by atoms with van der Waals surface area (Å²) in [7, 11) is 1.06.